The maximum absolute atomic E-state index is 12.8. The maximum Gasteiger partial charge on any atom is 0.306 e. The van der Waals surface area contributed by atoms with Gasteiger partial charge >= 0.3 is 17.9 Å². The third-order valence-corrected chi connectivity index (χ3v) is 9.94. The molecule has 354 valence electrons. The van der Waals surface area contributed by atoms with E-state index in [9.17, 15) is 14.4 Å². The summed E-state index contributed by atoms with van der Waals surface area (Å²) in [6.45, 7) is 6.25. The molecule has 0 aromatic rings. The van der Waals surface area contributed by atoms with Crippen molar-refractivity contribution in [2.75, 3.05) is 13.2 Å². The minimum atomic E-state index is -0.833. The molecule has 0 fully saturated rings. The number of hydrogen-bond donors (Lipinski definition) is 0. The monoisotopic (exact) mass is 871 g/mol. The third-order valence-electron chi connectivity index (χ3n) is 9.94. The highest BCUT2D eigenvalue weighted by molar-refractivity contribution is 5.71. The maximum atomic E-state index is 12.8. The molecule has 1 unspecified atom stereocenters. The summed E-state index contributed by atoms with van der Waals surface area (Å²) < 4.78 is 16.6. The van der Waals surface area contributed by atoms with Crippen molar-refractivity contribution < 1.29 is 28.6 Å². The Morgan fingerprint density at radius 3 is 1.13 bits per heavy atom. The zero-order chi connectivity index (χ0) is 45.8. The molecule has 0 saturated carbocycles. The molecule has 0 heterocycles. The van der Waals surface area contributed by atoms with Crippen LogP contribution in [0.25, 0.3) is 0 Å². The van der Waals surface area contributed by atoms with Crippen LogP contribution in [0.2, 0.25) is 0 Å². The molecule has 0 aliphatic carbocycles. The molecule has 6 heteroatoms. The second-order valence-electron chi connectivity index (χ2n) is 16.0. The first-order valence-electron chi connectivity index (χ1n) is 25.0. The Morgan fingerprint density at radius 1 is 0.333 bits per heavy atom. The predicted molar refractivity (Wildman–Crippen MR) is 269 cm³/mol. The molecule has 0 aliphatic heterocycles. The molecule has 6 nitrogen and oxygen atoms in total. The lowest BCUT2D eigenvalue weighted by Crippen LogP contribution is -2.30. The van der Waals surface area contributed by atoms with Crippen molar-refractivity contribution in [3.05, 3.63) is 122 Å². The van der Waals surface area contributed by atoms with Crippen molar-refractivity contribution in [3.8, 4) is 0 Å². The van der Waals surface area contributed by atoms with E-state index < -0.39 is 6.10 Å². The van der Waals surface area contributed by atoms with Crippen LogP contribution in [0.4, 0.5) is 0 Å². The van der Waals surface area contributed by atoms with Crippen LogP contribution in [0.15, 0.2) is 122 Å². The van der Waals surface area contributed by atoms with Crippen LogP contribution >= 0.6 is 0 Å². The lowest BCUT2D eigenvalue weighted by Gasteiger charge is -2.18. The predicted octanol–water partition coefficient (Wildman–Crippen LogP) is 16.5. The Kier molecular flexibility index (Phi) is 47.1. The highest BCUT2D eigenvalue weighted by atomic mass is 16.6. The van der Waals surface area contributed by atoms with Crippen LogP contribution in [-0.4, -0.2) is 37.2 Å². The van der Waals surface area contributed by atoms with E-state index in [-0.39, 0.29) is 44.0 Å². The number of carbonyl (C=O) groups excluding carboxylic acids is 3. The zero-order valence-electron chi connectivity index (χ0n) is 40.3. The molecule has 0 aromatic carbocycles. The van der Waals surface area contributed by atoms with E-state index in [1.54, 1.807) is 0 Å². The lowest BCUT2D eigenvalue weighted by atomic mass is 10.1. The molecule has 0 radical (unpaired) electrons. The summed E-state index contributed by atoms with van der Waals surface area (Å²) in [6, 6.07) is 0. The Bertz CT molecular complexity index is 1370. The fourth-order valence-electron chi connectivity index (χ4n) is 6.25. The summed E-state index contributed by atoms with van der Waals surface area (Å²) in [5.41, 5.74) is 0. The smallest absolute Gasteiger partial charge is 0.306 e. The standard InChI is InChI=1S/C57H90O6/c1-4-7-10-13-16-19-22-24-26-27-28-29-31-32-35-38-41-44-47-50-56(59)62-53-54(52-61-55(58)49-46-43-40-37-34-21-18-15-12-9-6-3)63-57(60)51-48-45-42-39-36-33-30-25-23-20-17-14-11-8-5-2/h7,9-10,12,16,18-21,23-24,26,28-29,32,35,37,40-41,44,54H,4-6,8,11,13-15,17,22,25,27,30-31,33-34,36,38-39,42-43,45-53H2,1-3H3/b10-7-,12-9-,19-16-,21-18-,23-20-,26-24-,29-28-,35-32-,40-37-,44-41-. The average Bonchev–Trinajstić information content (AvgIpc) is 3.28. The van der Waals surface area contributed by atoms with Gasteiger partial charge in [0.25, 0.3) is 0 Å². The highest BCUT2D eigenvalue weighted by Gasteiger charge is 2.19. The van der Waals surface area contributed by atoms with Crippen LogP contribution in [0.5, 0.6) is 0 Å². The van der Waals surface area contributed by atoms with E-state index in [1.165, 1.54) is 64.2 Å². The zero-order valence-corrected chi connectivity index (χ0v) is 40.3. The number of rotatable bonds is 43. The second-order valence-corrected chi connectivity index (χ2v) is 16.0. The van der Waals surface area contributed by atoms with Crippen LogP contribution < -0.4 is 0 Å². The molecule has 0 amide bonds. The van der Waals surface area contributed by atoms with Gasteiger partial charge in [-0.3, -0.25) is 14.4 Å². The molecular formula is C57H90O6. The van der Waals surface area contributed by atoms with Crippen molar-refractivity contribution in [3.63, 3.8) is 0 Å². The van der Waals surface area contributed by atoms with Gasteiger partial charge in [-0.1, -0.05) is 194 Å². The molecular weight excluding hydrogens is 781 g/mol. The largest absolute Gasteiger partial charge is 0.462 e. The first kappa shape index (κ1) is 58.8. The molecule has 63 heavy (non-hydrogen) atoms. The second kappa shape index (κ2) is 50.5. The minimum absolute atomic E-state index is 0.133. The van der Waals surface area contributed by atoms with E-state index in [2.05, 4.69) is 130 Å². The lowest BCUT2D eigenvalue weighted by molar-refractivity contribution is -0.166. The van der Waals surface area contributed by atoms with Crippen LogP contribution in [0, 0.1) is 0 Å². The van der Waals surface area contributed by atoms with Gasteiger partial charge in [-0.25, -0.2) is 0 Å². The molecule has 0 rings (SSSR count). The van der Waals surface area contributed by atoms with Crippen molar-refractivity contribution in [2.45, 2.75) is 207 Å². The Balaban J connectivity index is 4.55. The molecule has 0 spiro atoms. The van der Waals surface area contributed by atoms with Crippen molar-refractivity contribution in [1.82, 2.24) is 0 Å². The summed E-state index contributed by atoms with van der Waals surface area (Å²) in [7, 11) is 0. The highest BCUT2D eigenvalue weighted by Crippen LogP contribution is 2.12. The number of esters is 3. The van der Waals surface area contributed by atoms with Gasteiger partial charge in [-0.2, -0.15) is 0 Å². The van der Waals surface area contributed by atoms with E-state index in [4.69, 9.17) is 14.2 Å². The first-order chi connectivity index (χ1) is 31.0. The molecule has 1 atom stereocenters. The Labute approximate surface area is 386 Å². The Hall–Kier alpha value is -4.19. The minimum Gasteiger partial charge on any atom is -0.462 e. The van der Waals surface area contributed by atoms with Gasteiger partial charge in [-0.15, -0.1) is 0 Å². The first-order valence-corrected chi connectivity index (χ1v) is 25.0. The van der Waals surface area contributed by atoms with E-state index in [0.29, 0.717) is 19.3 Å². The fraction of sp³-hybridized carbons (Fsp3) is 0.596. The van der Waals surface area contributed by atoms with Crippen molar-refractivity contribution in [1.29, 1.82) is 0 Å². The quantitative estimate of drug-likeness (QED) is 0.0263. The molecule has 0 bridgehead atoms. The summed E-state index contributed by atoms with van der Waals surface area (Å²) in [5.74, 6) is -1.08. The summed E-state index contributed by atoms with van der Waals surface area (Å²) in [5, 5.41) is 0. The van der Waals surface area contributed by atoms with Gasteiger partial charge in [0.1, 0.15) is 13.2 Å². The van der Waals surface area contributed by atoms with Gasteiger partial charge in [-0.05, 0) is 109 Å². The van der Waals surface area contributed by atoms with Crippen LogP contribution in [-0.2, 0) is 28.6 Å². The van der Waals surface area contributed by atoms with E-state index >= 15 is 0 Å². The number of ether oxygens (including phenoxy) is 3. The summed E-state index contributed by atoms with van der Waals surface area (Å²) in [4.78, 5) is 37.9. The van der Waals surface area contributed by atoms with Gasteiger partial charge in [0.05, 0.1) is 0 Å². The molecule has 0 saturated heterocycles. The number of allylic oxidation sites excluding steroid dienone is 20. The van der Waals surface area contributed by atoms with Gasteiger partial charge < -0.3 is 14.2 Å². The topological polar surface area (TPSA) is 78.9 Å². The SMILES string of the molecule is CC/C=C\C/C=C\C/C=C\C/C=C\C/C=C\C/C=C\CCC(=O)OCC(COC(=O)CCC/C=C\C/C=C\C/C=C\CC)OC(=O)CCCCCCCCC/C=C\CCCCCC. The van der Waals surface area contributed by atoms with Crippen molar-refractivity contribution in [2.24, 2.45) is 0 Å². The van der Waals surface area contributed by atoms with Crippen molar-refractivity contribution >= 4 is 17.9 Å². The normalized spacial score (nSPS) is 13.1. The van der Waals surface area contributed by atoms with Gasteiger partial charge in [0.2, 0.25) is 0 Å². The molecule has 0 N–H and O–H groups in total. The van der Waals surface area contributed by atoms with Gasteiger partial charge in [0.15, 0.2) is 6.10 Å². The Morgan fingerprint density at radius 2 is 0.667 bits per heavy atom. The fourth-order valence-corrected chi connectivity index (χ4v) is 6.25. The third kappa shape index (κ3) is 48.7. The van der Waals surface area contributed by atoms with Gasteiger partial charge in [0, 0.05) is 19.3 Å². The molecule has 0 aliphatic rings. The van der Waals surface area contributed by atoms with Crippen LogP contribution in [0.3, 0.4) is 0 Å². The number of unbranched alkanes of at least 4 members (excludes halogenated alkanes) is 12. The van der Waals surface area contributed by atoms with Crippen LogP contribution in [0.1, 0.15) is 201 Å². The van der Waals surface area contributed by atoms with E-state index in [0.717, 1.165) is 83.5 Å². The summed E-state index contributed by atoms with van der Waals surface area (Å²) in [6.07, 6.45) is 69.2. The molecule has 0 aromatic heterocycles. The number of carbonyl (C=O) groups is 3. The van der Waals surface area contributed by atoms with E-state index in [1.807, 2.05) is 12.2 Å². The number of hydrogen-bond acceptors (Lipinski definition) is 6. The average molecular weight is 871 g/mol. The summed E-state index contributed by atoms with van der Waals surface area (Å²) >= 11 is 0.